The number of pyridine rings is 1. The van der Waals surface area contributed by atoms with Crippen LogP contribution in [0.3, 0.4) is 0 Å². The zero-order valence-electron chi connectivity index (χ0n) is 7.03. The summed E-state index contributed by atoms with van der Waals surface area (Å²) >= 11 is 0. The fourth-order valence-electron chi connectivity index (χ4n) is 0.886. The van der Waals surface area contributed by atoms with Crippen LogP contribution >= 0.6 is 0 Å². The lowest BCUT2D eigenvalue weighted by molar-refractivity contribution is 0.411. The quantitative estimate of drug-likeness (QED) is 0.667. The molecule has 0 amide bonds. The molecule has 1 heterocycles. The highest BCUT2D eigenvalue weighted by molar-refractivity contribution is 5.25. The van der Waals surface area contributed by atoms with E-state index in [0.29, 0.717) is 12.3 Å². The summed E-state index contributed by atoms with van der Waals surface area (Å²) in [6.07, 6.45) is 3.33. The van der Waals surface area contributed by atoms with Crippen molar-refractivity contribution in [3.05, 3.63) is 24.0 Å². The third kappa shape index (κ3) is 1.93. The van der Waals surface area contributed by atoms with Gasteiger partial charge in [-0.1, -0.05) is 0 Å². The van der Waals surface area contributed by atoms with Crippen LogP contribution in [0.5, 0.6) is 5.75 Å². The molecule has 0 unspecified atom stereocenters. The molecule has 1 atom stereocenters. The predicted octanol–water partition coefficient (Wildman–Crippen LogP) is 0.0487. The number of ether oxygens (including phenoxy) is 1. The molecule has 0 aromatic carbocycles. The maximum absolute atomic E-state index is 5.70. The van der Waals surface area contributed by atoms with E-state index in [-0.39, 0.29) is 6.04 Å². The molecule has 0 spiro atoms. The summed E-state index contributed by atoms with van der Waals surface area (Å²) in [7, 11) is 1.59. The van der Waals surface area contributed by atoms with Gasteiger partial charge in [-0.05, 0) is 11.6 Å². The summed E-state index contributed by atoms with van der Waals surface area (Å²) in [6.45, 7) is 0.412. The zero-order valence-corrected chi connectivity index (χ0v) is 7.03. The van der Waals surface area contributed by atoms with Crippen LogP contribution in [0.25, 0.3) is 0 Å². The molecule has 0 aliphatic rings. The standard InChI is InChI=1S/C8H13N3O/c1-12-7-2-6(4-11-5-7)8(10)3-9/h2,4-5,8H,3,9-10H2,1H3/t8-/m1/s1. The Bertz CT molecular complexity index is 252. The summed E-state index contributed by atoms with van der Waals surface area (Å²) in [6, 6.07) is 1.68. The van der Waals surface area contributed by atoms with Gasteiger partial charge in [0, 0.05) is 18.8 Å². The van der Waals surface area contributed by atoms with Crippen LogP contribution in [0.1, 0.15) is 11.6 Å². The molecule has 0 saturated heterocycles. The minimum absolute atomic E-state index is 0.160. The van der Waals surface area contributed by atoms with Crippen molar-refractivity contribution in [1.29, 1.82) is 0 Å². The average Bonchev–Trinajstić information content (AvgIpc) is 2.17. The predicted molar refractivity (Wildman–Crippen MR) is 46.8 cm³/mol. The summed E-state index contributed by atoms with van der Waals surface area (Å²) in [5, 5.41) is 0. The Morgan fingerprint density at radius 1 is 1.58 bits per heavy atom. The fraction of sp³-hybridized carbons (Fsp3) is 0.375. The molecular weight excluding hydrogens is 154 g/mol. The van der Waals surface area contributed by atoms with Gasteiger partial charge in [0.25, 0.3) is 0 Å². The first-order chi connectivity index (χ1) is 5.77. The number of rotatable bonds is 3. The van der Waals surface area contributed by atoms with Crippen LogP contribution in [0, 0.1) is 0 Å². The minimum atomic E-state index is -0.160. The van der Waals surface area contributed by atoms with Gasteiger partial charge < -0.3 is 16.2 Å². The number of methoxy groups -OCH3 is 1. The lowest BCUT2D eigenvalue weighted by atomic mass is 10.1. The van der Waals surface area contributed by atoms with E-state index in [9.17, 15) is 0 Å². The molecular formula is C8H13N3O. The normalized spacial score (nSPS) is 12.6. The molecule has 0 fully saturated rings. The molecule has 4 nitrogen and oxygen atoms in total. The van der Waals surface area contributed by atoms with Crippen molar-refractivity contribution in [3.63, 3.8) is 0 Å². The Hall–Kier alpha value is -1.13. The van der Waals surface area contributed by atoms with E-state index in [1.807, 2.05) is 6.07 Å². The second kappa shape index (κ2) is 4.04. The highest BCUT2D eigenvalue weighted by atomic mass is 16.5. The van der Waals surface area contributed by atoms with Gasteiger partial charge in [-0.3, -0.25) is 4.98 Å². The van der Waals surface area contributed by atoms with Crippen molar-refractivity contribution in [2.75, 3.05) is 13.7 Å². The molecule has 4 heteroatoms. The Kier molecular flexibility index (Phi) is 3.01. The maximum atomic E-state index is 5.70. The molecule has 0 bridgehead atoms. The molecule has 66 valence electrons. The number of hydrogen-bond donors (Lipinski definition) is 2. The van der Waals surface area contributed by atoms with Crippen LogP contribution in [-0.4, -0.2) is 18.6 Å². The van der Waals surface area contributed by atoms with E-state index in [0.717, 1.165) is 5.56 Å². The lowest BCUT2D eigenvalue weighted by Crippen LogP contribution is -2.20. The van der Waals surface area contributed by atoms with E-state index >= 15 is 0 Å². The van der Waals surface area contributed by atoms with Crippen molar-refractivity contribution in [2.24, 2.45) is 11.5 Å². The zero-order chi connectivity index (χ0) is 8.97. The monoisotopic (exact) mass is 167 g/mol. The third-order valence-electron chi connectivity index (χ3n) is 1.65. The Labute approximate surface area is 71.5 Å². The molecule has 0 radical (unpaired) electrons. The summed E-state index contributed by atoms with van der Waals surface area (Å²) in [5.41, 5.74) is 12.0. The van der Waals surface area contributed by atoms with Crippen LogP contribution in [-0.2, 0) is 0 Å². The van der Waals surface area contributed by atoms with Gasteiger partial charge in [-0.15, -0.1) is 0 Å². The van der Waals surface area contributed by atoms with Crippen LogP contribution in [0.4, 0.5) is 0 Å². The highest BCUT2D eigenvalue weighted by Crippen LogP contribution is 2.14. The second-order valence-corrected chi connectivity index (χ2v) is 2.50. The smallest absolute Gasteiger partial charge is 0.137 e. The molecule has 0 aliphatic carbocycles. The first kappa shape index (κ1) is 8.96. The van der Waals surface area contributed by atoms with Gasteiger partial charge in [-0.2, -0.15) is 0 Å². The first-order valence-electron chi connectivity index (χ1n) is 3.72. The van der Waals surface area contributed by atoms with Crippen LogP contribution in [0.15, 0.2) is 18.5 Å². The summed E-state index contributed by atoms with van der Waals surface area (Å²) < 4.78 is 4.99. The van der Waals surface area contributed by atoms with E-state index in [1.54, 1.807) is 19.5 Å². The van der Waals surface area contributed by atoms with Gasteiger partial charge in [0.1, 0.15) is 5.75 Å². The van der Waals surface area contributed by atoms with Gasteiger partial charge in [-0.25, -0.2) is 0 Å². The maximum Gasteiger partial charge on any atom is 0.137 e. The first-order valence-corrected chi connectivity index (χ1v) is 3.72. The van der Waals surface area contributed by atoms with Crippen molar-refractivity contribution < 1.29 is 4.74 Å². The van der Waals surface area contributed by atoms with Gasteiger partial charge in [0.15, 0.2) is 0 Å². The molecule has 4 N–H and O–H groups in total. The molecule has 12 heavy (non-hydrogen) atoms. The average molecular weight is 167 g/mol. The van der Waals surface area contributed by atoms with E-state index in [1.165, 1.54) is 0 Å². The molecule has 1 aromatic rings. The van der Waals surface area contributed by atoms with Crippen LogP contribution < -0.4 is 16.2 Å². The number of nitrogens with zero attached hydrogens (tertiary/aromatic N) is 1. The van der Waals surface area contributed by atoms with Crippen molar-refractivity contribution >= 4 is 0 Å². The molecule has 0 saturated carbocycles. The van der Waals surface area contributed by atoms with Crippen molar-refractivity contribution in [3.8, 4) is 5.75 Å². The SMILES string of the molecule is COc1cncc([C@H](N)CN)c1. The Morgan fingerprint density at radius 2 is 2.33 bits per heavy atom. The van der Waals surface area contributed by atoms with Crippen molar-refractivity contribution in [2.45, 2.75) is 6.04 Å². The summed E-state index contributed by atoms with van der Waals surface area (Å²) in [4.78, 5) is 3.96. The van der Waals surface area contributed by atoms with E-state index in [4.69, 9.17) is 16.2 Å². The van der Waals surface area contributed by atoms with Gasteiger partial charge in [0.2, 0.25) is 0 Å². The van der Waals surface area contributed by atoms with E-state index in [2.05, 4.69) is 4.98 Å². The molecule has 1 rings (SSSR count). The van der Waals surface area contributed by atoms with Gasteiger partial charge in [0.05, 0.1) is 13.3 Å². The lowest BCUT2D eigenvalue weighted by Gasteiger charge is -2.08. The number of hydrogen-bond acceptors (Lipinski definition) is 4. The Balaban J connectivity index is 2.86. The Morgan fingerprint density at radius 3 is 2.92 bits per heavy atom. The van der Waals surface area contributed by atoms with Crippen molar-refractivity contribution in [1.82, 2.24) is 4.98 Å². The second-order valence-electron chi connectivity index (χ2n) is 2.50. The molecule has 1 aromatic heterocycles. The topological polar surface area (TPSA) is 74.2 Å². The highest BCUT2D eigenvalue weighted by Gasteiger charge is 2.04. The largest absolute Gasteiger partial charge is 0.495 e. The fourth-order valence-corrected chi connectivity index (χ4v) is 0.886. The van der Waals surface area contributed by atoms with Gasteiger partial charge >= 0.3 is 0 Å². The summed E-state index contributed by atoms with van der Waals surface area (Å²) in [5.74, 6) is 0.705. The minimum Gasteiger partial charge on any atom is -0.495 e. The third-order valence-corrected chi connectivity index (χ3v) is 1.65. The number of aromatic nitrogens is 1. The molecule has 0 aliphatic heterocycles. The number of nitrogens with two attached hydrogens (primary N) is 2. The van der Waals surface area contributed by atoms with E-state index < -0.39 is 0 Å². The van der Waals surface area contributed by atoms with Crippen LogP contribution in [0.2, 0.25) is 0 Å².